The Morgan fingerprint density at radius 3 is 2.33 bits per heavy atom. The molecule has 2 aliphatic rings. The van der Waals surface area contributed by atoms with E-state index in [1.807, 2.05) is 23.1 Å². The molecule has 0 bridgehead atoms. The molecule has 4 rings (SSSR count). The molecule has 3 nitrogen and oxygen atoms in total. The van der Waals surface area contributed by atoms with Gasteiger partial charge in [0.05, 0.1) is 5.56 Å². The van der Waals surface area contributed by atoms with E-state index in [-0.39, 0.29) is 5.91 Å². The monoisotopic (exact) mass is 416 g/mol. The Bertz CT molecular complexity index is 886. The molecule has 30 heavy (non-hydrogen) atoms. The Kier molecular flexibility index (Phi) is 5.87. The number of hydrogen-bond donors (Lipinski definition) is 0. The zero-order chi connectivity index (χ0) is 21.3. The molecule has 2 aromatic rings. The van der Waals surface area contributed by atoms with Gasteiger partial charge in [-0.2, -0.15) is 13.2 Å². The van der Waals surface area contributed by atoms with Crippen LogP contribution in [0.2, 0.25) is 0 Å². The second-order valence-corrected chi connectivity index (χ2v) is 8.41. The molecule has 0 aromatic heterocycles. The largest absolute Gasteiger partial charge is 0.416 e. The van der Waals surface area contributed by atoms with E-state index in [4.69, 9.17) is 0 Å². The van der Waals surface area contributed by atoms with Crippen LogP contribution in [0.15, 0.2) is 48.5 Å². The van der Waals surface area contributed by atoms with Crippen LogP contribution in [0.5, 0.6) is 0 Å². The van der Waals surface area contributed by atoms with Crippen LogP contribution in [-0.2, 0) is 11.0 Å². The molecule has 0 N–H and O–H groups in total. The fourth-order valence-electron chi connectivity index (χ4n) is 4.81. The predicted octanol–water partition coefficient (Wildman–Crippen LogP) is 5.43. The molecule has 0 spiro atoms. The van der Waals surface area contributed by atoms with E-state index in [0.717, 1.165) is 56.7 Å². The minimum atomic E-state index is -4.28. The fraction of sp³-hybridized carbons (Fsp3) is 0.458. The van der Waals surface area contributed by atoms with E-state index in [1.54, 1.807) is 19.1 Å². The van der Waals surface area contributed by atoms with Crippen LogP contribution in [-0.4, -0.2) is 37.0 Å². The summed E-state index contributed by atoms with van der Waals surface area (Å²) in [5, 5.41) is 0. The Hall–Kier alpha value is -2.34. The molecule has 1 unspecified atom stereocenters. The summed E-state index contributed by atoms with van der Waals surface area (Å²) >= 11 is 0. The molecule has 1 atom stereocenters. The van der Waals surface area contributed by atoms with Gasteiger partial charge in [-0.3, -0.25) is 4.79 Å². The van der Waals surface area contributed by atoms with Crippen molar-refractivity contribution in [2.45, 2.75) is 44.2 Å². The van der Waals surface area contributed by atoms with E-state index >= 15 is 0 Å². The van der Waals surface area contributed by atoms with Crippen LogP contribution in [0, 0.1) is 0 Å². The minimum Gasteiger partial charge on any atom is -0.312 e. The van der Waals surface area contributed by atoms with Gasteiger partial charge in [-0.1, -0.05) is 30.3 Å². The first-order valence-electron chi connectivity index (χ1n) is 10.6. The molecular weight excluding hydrogens is 389 g/mol. The van der Waals surface area contributed by atoms with Gasteiger partial charge in [0, 0.05) is 25.1 Å². The number of para-hydroxylation sites is 1. The van der Waals surface area contributed by atoms with Crippen LogP contribution >= 0.6 is 0 Å². The van der Waals surface area contributed by atoms with Crippen LogP contribution in [0.4, 0.5) is 18.9 Å². The number of nitrogens with zero attached hydrogens (tertiary/aromatic N) is 2. The summed E-state index contributed by atoms with van der Waals surface area (Å²) in [6.45, 7) is 5.25. The lowest BCUT2D eigenvalue weighted by atomic mass is 9.88. The van der Waals surface area contributed by atoms with Crippen LogP contribution < -0.4 is 4.90 Å². The van der Waals surface area contributed by atoms with E-state index < -0.39 is 11.7 Å². The highest BCUT2D eigenvalue weighted by molar-refractivity contribution is 5.94. The Labute approximate surface area is 175 Å². The van der Waals surface area contributed by atoms with Crippen molar-refractivity contribution in [3.63, 3.8) is 0 Å². The second-order valence-electron chi connectivity index (χ2n) is 8.41. The summed E-state index contributed by atoms with van der Waals surface area (Å²) in [5.74, 6) is 0.768. The van der Waals surface area contributed by atoms with Gasteiger partial charge in [-0.15, -0.1) is 0 Å². The average Bonchev–Trinajstić information content (AvgIpc) is 3.11. The maximum atomic E-state index is 12.8. The standard InChI is InChI=1S/C24H27F3N2O/c1-17(30)29-16-20(22-4-2-3-5-23(22)29)12-15-28-13-10-19(11-14-28)18-6-8-21(9-7-18)24(25,26)27/h2-9,19-20H,10-16H2,1H3. The third-order valence-electron chi connectivity index (χ3n) is 6.54. The van der Waals surface area contributed by atoms with Crippen LogP contribution in [0.1, 0.15) is 54.7 Å². The highest BCUT2D eigenvalue weighted by Gasteiger charge is 2.32. The van der Waals surface area contributed by atoms with Crippen LogP contribution in [0.3, 0.4) is 0 Å². The van der Waals surface area contributed by atoms with Crippen molar-refractivity contribution < 1.29 is 18.0 Å². The molecule has 0 saturated carbocycles. The lowest BCUT2D eigenvalue weighted by molar-refractivity contribution is -0.137. The Balaban J connectivity index is 1.30. The van der Waals surface area contributed by atoms with Crippen molar-refractivity contribution >= 4 is 11.6 Å². The van der Waals surface area contributed by atoms with Crippen LogP contribution in [0.25, 0.3) is 0 Å². The number of rotatable bonds is 4. The van der Waals surface area contributed by atoms with Gasteiger partial charge in [0.2, 0.25) is 5.91 Å². The topological polar surface area (TPSA) is 23.6 Å². The summed E-state index contributed by atoms with van der Waals surface area (Å²) < 4.78 is 38.3. The van der Waals surface area contributed by atoms with Gasteiger partial charge in [-0.25, -0.2) is 0 Å². The number of halogens is 3. The third-order valence-corrected chi connectivity index (χ3v) is 6.54. The molecule has 2 aromatic carbocycles. The average molecular weight is 416 g/mol. The summed E-state index contributed by atoms with van der Waals surface area (Å²) in [6, 6.07) is 13.8. The van der Waals surface area contributed by atoms with Crippen molar-refractivity contribution in [1.29, 1.82) is 0 Å². The minimum absolute atomic E-state index is 0.0855. The number of piperidine rings is 1. The SMILES string of the molecule is CC(=O)N1CC(CCN2CCC(c3ccc(C(F)(F)F)cc3)CC2)c2ccccc21. The lowest BCUT2D eigenvalue weighted by Crippen LogP contribution is -2.35. The molecule has 160 valence electrons. The van der Waals surface area contributed by atoms with Crippen molar-refractivity contribution in [2.24, 2.45) is 0 Å². The molecule has 1 fully saturated rings. The first-order valence-corrected chi connectivity index (χ1v) is 10.6. The van der Waals surface area contributed by atoms with Gasteiger partial charge in [0.25, 0.3) is 0 Å². The van der Waals surface area contributed by atoms with Gasteiger partial charge in [-0.05, 0) is 74.1 Å². The summed E-state index contributed by atoms with van der Waals surface area (Å²) in [7, 11) is 0. The Morgan fingerprint density at radius 1 is 1.03 bits per heavy atom. The van der Waals surface area contributed by atoms with E-state index in [0.29, 0.717) is 11.8 Å². The molecule has 1 saturated heterocycles. The molecule has 2 aliphatic heterocycles. The number of fused-ring (bicyclic) bond motifs is 1. The third kappa shape index (κ3) is 4.38. The molecule has 0 aliphatic carbocycles. The number of benzene rings is 2. The van der Waals surface area contributed by atoms with Crippen molar-refractivity contribution in [2.75, 3.05) is 31.1 Å². The normalized spacial score (nSPS) is 20.4. The van der Waals surface area contributed by atoms with E-state index in [1.165, 1.54) is 17.7 Å². The van der Waals surface area contributed by atoms with Gasteiger partial charge < -0.3 is 9.80 Å². The van der Waals surface area contributed by atoms with Crippen molar-refractivity contribution in [1.82, 2.24) is 4.90 Å². The summed E-state index contributed by atoms with van der Waals surface area (Å²) in [6.07, 6.45) is -1.34. The summed E-state index contributed by atoms with van der Waals surface area (Å²) in [4.78, 5) is 16.3. The summed E-state index contributed by atoms with van der Waals surface area (Å²) in [5.41, 5.74) is 2.72. The number of carbonyl (C=O) groups excluding carboxylic acids is 1. The number of carbonyl (C=O) groups is 1. The number of likely N-dealkylation sites (tertiary alicyclic amines) is 1. The van der Waals surface area contributed by atoms with Gasteiger partial charge >= 0.3 is 6.18 Å². The molecule has 1 amide bonds. The lowest BCUT2D eigenvalue weighted by Gasteiger charge is -2.33. The highest BCUT2D eigenvalue weighted by atomic mass is 19.4. The fourth-order valence-corrected chi connectivity index (χ4v) is 4.81. The Morgan fingerprint density at radius 2 is 1.70 bits per heavy atom. The molecular formula is C24H27F3N2O. The first-order chi connectivity index (χ1) is 14.3. The number of hydrogen-bond acceptors (Lipinski definition) is 2. The number of alkyl halides is 3. The quantitative estimate of drug-likeness (QED) is 0.664. The highest BCUT2D eigenvalue weighted by Crippen LogP contribution is 2.38. The molecule has 2 heterocycles. The zero-order valence-electron chi connectivity index (χ0n) is 17.2. The first kappa shape index (κ1) is 20.9. The molecule has 6 heteroatoms. The van der Waals surface area contributed by atoms with E-state index in [9.17, 15) is 18.0 Å². The van der Waals surface area contributed by atoms with Crippen molar-refractivity contribution in [3.05, 3.63) is 65.2 Å². The van der Waals surface area contributed by atoms with E-state index in [2.05, 4.69) is 11.0 Å². The van der Waals surface area contributed by atoms with Crippen molar-refractivity contribution in [3.8, 4) is 0 Å². The smallest absolute Gasteiger partial charge is 0.312 e. The van der Waals surface area contributed by atoms with Gasteiger partial charge in [0.1, 0.15) is 0 Å². The maximum Gasteiger partial charge on any atom is 0.416 e. The number of anilines is 1. The predicted molar refractivity (Wildman–Crippen MR) is 112 cm³/mol. The zero-order valence-corrected chi connectivity index (χ0v) is 17.2. The number of amides is 1. The molecule has 0 radical (unpaired) electrons. The second kappa shape index (κ2) is 8.42. The maximum absolute atomic E-state index is 12.8. The van der Waals surface area contributed by atoms with Gasteiger partial charge in [0.15, 0.2) is 0 Å².